The highest BCUT2D eigenvalue weighted by molar-refractivity contribution is 5.35. The van der Waals surface area contributed by atoms with E-state index in [1.165, 1.54) is 0 Å². The summed E-state index contributed by atoms with van der Waals surface area (Å²) in [5.41, 5.74) is 7.11. The lowest BCUT2D eigenvalue weighted by Gasteiger charge is -2.15. The van der Waals surface area contributed by atoms with Gasteiger partial charge in [-0.05, 0) is 18.9 Å². The molecule has 0 bridgehead atoms. The quantitative estimate of drug-likeness (QED) is 0.662. The average molecular weight is 267 g/mol. The Morgan fingerprint density at radius 3 is 2.63 bits per heavy atom. The molecule has 0 heterocycles. The van der Waals surface area contributed by atoms with E-state index < -0.39 is 0 Å². The Kier molecular flexibility index (Phi) is 8.21. The van der Waals surface area contributed by atoms with Crippen LogP contribution in [0.2, 0.25) is 0 Å². The molecule has 0 aromatic heterocycles. The van der Waals surface area contributed by atoms with Gasteiger partial charge in [-0.3, -0.25) is 0 Å². The fourth-order valence-corrected chi connectivity index (χ4v) is 1.76. The van der Waals surface area contributed by atoms with Gasteiger partial charge >= 0.3 is 0 Å². The van der Waals surface area contributed by atoms with Crippen LogP contribution in [0.3, 0.4) is 0 Å². The van der Waals surface area contributed by atoms with Crippen LogP contribution < -0.4 is 10.5 Å². The summed E-state index contributed by atoms with van der Waals surface area (Å²) >= 11 is 0. The van der Waals surface area contributed by atoms with Crippen LogP contribution in [-0.4, -0.2) is 33.5 Å². The Morgan fingerprint density at radius 1 is 1.11 bits per heavy atom. The molecule has 2 N–H and O–H groups in total. The third kappa shape index (κ3) is 6.05. The van der Waals surface area contributed by atoms with E-state index in [4.69, 9.17) is 19.9 Å². The molecule has 0 aliphatic rings. The number of hydrogen-bond donors (Lipinski definition) is 1. The molecule has 0 aliphatic carbocycles. The van der Waals surface area contributed by atoms with Crippen molar-refractivity contribution in [3.05, 3.63) is 29.8 Å². The topological polar surface area (TPSA) is 53.7 Å². The summed E-state index contributed by atoms with van der Waals surface area (Å²) in [6.07, 6.45) is 1.81. The maximum Gasteiger partial charge on any atom is 0.124 e. The molecule has 0 aliphatic heterocycles. The van der Waals surface area contributed by atoms with E-state index in [2.05, 4.69) is 6.92 Å². The van der Waals surface area contributed by atoms with Crippen molar-refractivity contribution in [2.75, 3.05) is 33.5 Å². The lowest BCUT2D eigenvalue weighted by molar-refractivity contribution is 0.0803. The molecule has 1 aromatic carbocycles. The highest BCUT2D eigenvalue weighted by Crippen LogP contribution is 2.25. The van der Waals surface area contributed by atoms with E-state index in [1.807, 2.05) is 24.3 Å². The van der Waals surface area contributed by atoms with Crippen molar-refractivity contribution in [3.8, 4) is 5.75 Å². The Hall–Kier alpha value is -1.10. The van der Waals surface area contributed by atoms with Gasteiger partial charge in [0.15, 0.2) is 0 Å². The molecule has 0 saturated carbocycles. The number of hydrogen-bond acceptors (Lipinski definition) is 4. The van der Waals surface area contributed by atoms with Crippen LogP contribution in [0.15, 0.2) is 24.3 Å². The van der Waals surface area contributed by atoms with E-state index in [0.29, 0.717) is 19.8 Å². The van der Waals surface area contributed by atoms with Gasteiger partial charge in [-0.25, -0.2) is 0 Å². The summed E-state index contributed by atoms with van der Waals surface area (Å²) in [6.45, 7) is 4.63. The Balaban J connectivity index is 2.29. The zero-order valence-electron chi connectivity index (χ0n) is 11.9. The lowest BCUT2D eigenvalue weighted by atomic mass is 10.0. The number of methoxy groups -OCH3 is 1. The largest absolute Gasteiger partial charge is 0.491 e. The molecule has 1 aromatic rings. The van der Waals surface area contributed by atoms with Crippen LogP contribution in [0.4, 0.5) is 0 Å². The van der Waals surface area contributed by atoms with Gasteiger partial charge in [-0.1, -0.05) is 25.1 Å². The molecule has 0 unspecified atom stereocenters. The number of ether oxygens (including phenoxy) is 3. The zero-order valence-corrected chi connectivity index (χ0v) is 11.9. The zero-order chi connectivity index (χ0) is 13.9. The van der Waals surface area contributed by atoms with Gasteiger partial charge < -0.3 is 19.9 Å². The summed E-state index contributed by atoms with van der Waals surface area (Å²) < 4.78 is 16.1. The highest BCUT2D eigenvalue weighted by atomic mass is 16.5. The molecule has 1 atom stereocenters. The second-order valence-corrected chi connectivity index (χ2v) is 4.36. The van der Waals surface area contributed by atoms with Crippen LogP contribution >= 0.6 is 0 Å². The Bertz CT molecular complexity index is 344. The maximum absolute atomic E-state index is 6.06. The number of nitrogens with two attached hydrogens (primary N) is 1. The predicted octanol–water partition coefficient (Wildman–Crippen LogP) is 2.53. The number of rotatable bonds is 10. The minimum absolute atomic E-state index is 0.0267. The molecule has 0 radical (unpaired) electrons. The third-order valence-corrected chi connectivity index (χ3v) is 2.88. The van der Waals surface area contributed by atoms with E-state index in [1.54, 1.807) is 7.11 Å². The third-order valence-electron chi connectivity index (χ3n) is 2.88. The molecule has 0 spiro atoms. The van der Waals surface area contributed by atoms with E-state index in [-0.39, 0.29) is 6.04 Å². The second kappa shape index (κ2) is 9.78. The van der Waals surface area contributed by atoms with Crippen molar-refractivity contribution in [2.24, 2.45) is 5.73 Å². The number of para-hydroxylation sites is 1. The first kappa shape index (κ1) is 16.0. The summed E-state index contributed by atoms with van der Waals surface area (Å²) in [5.74, 6) is 0.859. The van der Waals surface area contributed by atoms with Crippen molar-refractivity contribution < 1.29 is 14.2 Å². The first-order chi connectivity index (χ1) is 9.29. The average Bonchev–Trinajstić information content (AvgIpc) is 2.46. The molecule has 4 nitrogen and oxygen atoms in total. The van der Waals surface area contributed by atoms with E-state index in [9.17, 15) is 0 Å². The van der Waals surface area contributed by atoms with Crippen LogP contribution in [0, 0.1) is 0 Å². The molecule has 19 heavy (non-hydrogen) atoms. The Labute approximate surface area is 115 Å². The van der Waals surface area contributed by atoms with Crippen LogP contribution in [0.25, 0.3) is 0 Å². The van der Waals surface area contributed by atoms with Crippen LogP contribution in [0.1, 0.15) is 31.4 Å². The van der Waals surface area contributed by atoms with Crippen molar-refractivity contribution in [3.63, 3.8) is 0 Å². The normalized spacial score (nSPS) is 12.4. The summed E-state index contributed by atoms with van der Waals surface area (Å²) in [4.78, 5) is 0. The van der Waals surface area contributed by atoms with Crippen molar-refractivity contribution in [1.29, 1.82) is 0 Å². The van der Waals surface area contributed by atoms with Gasteiger partial charge in [0.2, 0.25) is 0 Å². The second-order valence-electron chi connectivity index (χ2n) is 4.36. The molecule has 4 heteroatoms. The maximum atomic E-state index is 6.06. The Morgan fingerprint density at radius 2 is 1.89 bits per heavy atom. The minimum atomic E-state index is 0.0267. The standard InChI is InChI=1S/C15H25NO3/c1-3-14(16)13-7-4-5-8-15(13)19-12-11-18-10-6-9-17-2/h4-5,7-8,14H,3,6,9-12,16H2,1-2H3/t14-/m1/s1. The van der Waals surface area contributed by atoms with Crippen LogP contribution in [0.5, 0.6) is 5.75 Å². The van der Waals surface area contributed by atoms with Gasteiger partial charge in [0.25, 0.3) is 0 Å². The molecular weight excluding hydrogens is 242 g/mol. The molecule has 0 fully saturated rings. The molecular formula is C15H25NO3. The fraction of sp³-hybridized carbons (Fsp3) is 0.600. The van der Waals surface area contributed by atoms with Crippen LogP contribution in [-0.2, 0) is 9.47 Å². The van der Waals surface area contributed by atoms with Gasteiger partial charge in [0.1, 0.15) is 12.4 Å². The minimum Gasteiger partial charge on any atom is -0.491 e. The molecule has 108 valence electrons. The summed E-state index contributed by atoms with van der Waals surface area (Å²) in [5, 5.41) is 0. The SMILES string of the molecule is CC[C@@H](N)c1ccccc1OCCOCCCOC. The number of benzene rings is 1. The monoisotopic (exact) mass is 267 g/mol. The molecule has 0 saturated heterocycles. The molecule has 0 amide bonds. The van der Waals surface area contributed by atoms with Crippen molar-refractivity contribution in [2.45, 2.75) is 25.8 Å². The smallest absolute Gasteiger partial charge is 0.124 e. The van der Waals surface area contributed by atoms with Crippen molar-refractivity contribution >= 4 is 0 Å². The predicted molar refractivity (Wildman–Crippen MR) is 76.5 cm³/mol. The van der Waals surface area contributed by atoms with Gasteiger partial charge in [-0.2, -0.15) is 0 Å². The lowest BCUT2D eigenvalue weighted by Crippen LogP contribution is -2.13. The van der Waals surface area contributed by atoms with Gasteiger partial charge in [-0.15, -0.1) is 0 Å². The fourth-order valence-electron chi connectivity index (χ4n) is 1.76. The van der Waals surface area contributed by atoms with Gasteiger partial charge in [0.05, 0.1) is 6.61 Å². The van der Waals surface area contributed by atoms with Crippen molar-refractivity contribution in [1.82, 2.24) is 0 Å². The first-order valence-corrected chi connectivity index (χ1v) is 6.83. The van der Waals surface area contributed by atoms with E-state index >= 15 is 0 Å². The molecule has 1 rings (SSSR count). The summed E-state index contributed by atoms with van der Waals surface area (Å²) in [7, 11) is 1.69. The van der Waals surface area contributed by atoms with E-state index in [0.717, 1.165) is 30.8 Å². The first-order valence-electron chi connectivity index (χ1n) is 6.83. The van der Waals surface area contributed by atoms with Gasteiger partial charge in [0, 0.05) is 31.9 Å². The summed E-state index contributed by atoms with van der Waals surface area (Å²) in [6, 6.07) is 7.94. The highest BCUT2D eigenvalue weighted by Gasteiger charge is 2.09.